The molecule has 5 heteroatoms. The summed E-state index contributed by atoms with van der Waals surface area (Å²) in [4.78, 5) is 7.12. The first-order chi connectivity index (χ1) is 17.5. The molecule has 1 saturated carbocycles. The Morgan fingerprint density at radius 2 is 1.47 bits per heavy atom. The lowest BCUT2D eigenvalue weighted by atomic mass is 9.81. The first-order valence-electron chi connectivity index (χ1n) is 13.3. The van der Waals surface area contributed by atoms with Gasteiger partial charge >= 0.3 is 0 Å². The lowest BCUT2D eigenvalue weighted by molar-refractivity contribution is 0.206. The molecule has 5 rings (SSSR count). The summed E-state index contributed by atoms with van der Waals surface area (Å²) in [6.45, 7) is 1.01. The van der Waals surface area contributed by atoms with Crippen LogP contribution in [0.5, 0.6) is 0 Å². The minimum Gasteiger partial charge on any atom is -0.362 e. The Labute approximate surface area is 215 Å². The molecule has 1 fully saturated rings. The van der Waals surface area contributed by atoms with E-state index in [1.54, 1.807) is 0 Å². The summed E-state index contributed by atoms with van der Waals surface area (Å²) in [7, 11) is 4.08. The lowest BCUT2D eigenvalue weighted by Crippen LogP contribution is -2.57. The monoisotopic (exact) mass is 481 g/mol. The number of anilines is 1. The Bertz CT molecular complexity index is 1110. The Kier molecular flexibility index (Phi) is 7.40. The number of amidine groups is 1. The summed E-state index contributed by atoms with van der Waals surface area (Å²) in [6.07, 6.45) is 5.47. The van der Waals surface area contributed by atoms with Crippen LogP contribution in [0.25, 0.3) is 0 Å². The number of nitrogens with zero attached hydrogens (tertiary/aromatic N) is 2. The quantitative estimate of drug-likeness (QED) is 0.423. The molecule has 0 spiro atoms. The van der Waals surface area contributed by atoms with Gasteiger partial charge in [-0.1, -0.05) is 72.8 Å². The molecule has 2 aliphatic rings. The van der Waals surface area contributed by atoms with E-state index in [0.29, 0.717) is 17.9 Å². The van der Waals surface area contributed by atoms with Crippen LogP contribution in [0.3, 0.4) is 0 Å². The Morgan fingerprint density at radius 3 is 2.08 bits per heavy atom. The third kappa shape index (κ3) is 5.32. The number of fused-ring (bicyclic) bond motifs is 1. The van der Waals surface area contributed by atoms with Gasteiger partial charge in [-0.2, -0.15) is 0 Å². The highest BCUT2D eigenvalue weighted by Crippen LogP contribution is 2.37. The summed E-state index contributed by atoms with van der Waals surface area (Å²) >= 11 is 0. The molecule has 188 valence electrons. The Hall–Kier alpha value is -3.15. The van der Waals surface area contributed by atoms with Crippen LogP contribution in [0.1, 0.15) is 54.7 Å². The SMILES string of the molecule is CN(C)C1=NC(N)(C2CCC(NCCC(c3ccccc3)c3ccccc3)CC2)Nc2ccccc21. The minimum absolute atomic E-state index is 0.306. The van der Waals surface area contributed by atoms with E-state index < -0.39 is 5.79 Å². The van der Waals surface area contributed by atoms with E-state index in [0.717, 1.165) is 55.7 Å². The number of rotatable bonds is 7. The summed E-state index contributed by atoms with van der Waals surface area (Å²) in [5.41, 5.74) is 11.9. The molecule has 0 amide bonds. The summed E-state index contributed by atoms with van der Waals surface area (Å²) in [5.74, 6) is 0.916. The number of nitrogens with one attached hydrogen (secondary N) is 2. The lowest BCUT2D eigenvalue weighted by Gasteiger charge is -2.43. The normalized spacial score (nSPS) is 23.5. The molecule has 0 saturated heterocycles. The molecule has 5 nitrogen and oxygen atoms in total. The smallest absolute Gasteiger partial charge is 0.187 e. The molecule has 36 heavy (non-hydrogen) atoms. The molecule has 3 aromatic carbocycles. The molecule has 1 heterocycles. The zero-order chi connectivity index (χ0) is 25.0. The van der Waals surface area contributed by atoms with Gasteiger partial charge in [-0.25, -0.2) is 4.99 Å². The predicted octanol–water partition coefficient (Wildman–Crippen LogP) is 5.40. The third-order valence-electron chi connectivity index (χ3n) is 7.84. The molecule has 1 aliphatic carbocycles. The van der Waals surface area contributed by atoms with E-state index in [1.807, 2.05) is 14.1 Å². The molecule has 1 atom stereocenters. The van der Waals surface area contributed by atoms with Crippen molar-refractivity contribution in [1.29, 1.82) is 0 Å². The van der Waals surface area contributed by atoms with Crippen LogP contribution in [0, 0.1) is 5.92 Å². The fraction of sp³-hybridized carbons (Fsp3) is 0.387. The molecule has 3 aromatic rings. The van der Waals surface area contributed by atoms with Crippen LogP contribution in [-0.4, -0.2) is 43.2 Å². The zero-order valence-corrected chi connectivity index (χ0v) is 21.5. The van der Waals surface area contributed by atoms with E-state index >= 15 is 0 Å². The zero-order valence-electron chi connectivity index (χ0n) is 21.5. The first-order valence-corrected chi connectivity index (χ1v) is 13.3. The van der Waals surface area contributed by atoms with Crippen molar-refractivity contribution in [1.82, 2.24) is 10.2 Å². The first kappa shape index (κ1) is 24.5. The average Bonchev–Trinajstić information content (AvgIpc) is 2.92. The minimum atomic E-state index is -0.759. The van der Waals surface area contributed by atoms with Gasteiger partial charge in [0.05, 0.1) is 0 Å². The topological polar surface area (TPSA) is 65.7 Å². The van der Waals surface area contributed by atoms with Gasteiger partial charge in [0.1, 0.15) is 5.84 Å². The van der Waals surface area contributed by atoms with E-state index in [2.05, 4.69) is 100 Å². The molecular formula is C31H39N5. The number of benzene rings is 3. The van der Waals surface area contributed by atoms with Crippen molar-refractivity contribution in [2.24, 2.45) is 16.6 Å². The maximum absolute atomic E-state index is 6.95. The number of aliphatic imine (C=N–C) groups is 1. The van der Waals surface area contributed by atoms with Gasteiger partial charge in [0.15, 0.2) is 5.79 Å². The van der Waals surface area contributed by atoms with Crippen molar-refractivity contribution in [2.45, 2.75) is 49.9 Å². The summed E-state index contributed by atoms with van der Waals surface area (Å²) in [5, 5.41) is 7.45. The van der Waals surface area contributed by atoms with E-state index in [9.17, 15) is 0 Å². The molecule has 0 radical (unpaired) electrons. The van der Waals surface area contributed by atoms with Crippen LogP contribution < -0.4 is 16.4 Å². The van der Waals surface area contributed by atoms with Crippen LogP contribution in [0.15, 0.2) is 89.9 Å². The van der Waals surface area contributed by atoms with Crippen LogP contribution in [0.4, 0.5) is 5.69 Å². The van der Waals surface area contributed by atoms with Gasteiger partial charge in [0.2, 0.25) is 0 Å². The van der Waals surface area contributed by atoms with Crippen LogP contribution in [0.2, 0.25) is 0 Å². The number of hydrogen-bond acceptors (Lipinski definition) is 5. The van der Waals surface area contributed by atoms with Crippen molar-refractivity contribution < 1.29 is 0 Å². The van der Waals surface area contributed by atoms with Gasteiger partial charge in [0, 0.05) is 43.2 Å². The van der Waals surface area contributed by atoms with Gasteiger partial charge in [-0.05, 0) is 61.9 Å². The van der Waals surface area contributed by atoms with Crippen molar-refractivity contribution in [2.75, 3.05) is 26.0 Å². The van der Waals surface area contributed by atoms with Gasteiger partial charge in [0.25, 0.3) is 0 Å². The molecule has 1 unspecified atom stereocenters. The third-order valence-corrected chi connectivity index (χ3v) is 7.84. The maximum Gasteiger partial charge on any atom is 0.187 e. The van der Waals surface area contributed by atoms with Crippen molar-refractivity contribution >= 4 is 11.5 Å². The number of nitrogens with two attached hydrogens (primary N) is 1. The second kappa shape index (κ2) is 10.9. The van der Waals surface area contributed by atoms with Crippen LogP contribution in [-0.2, 0) is 0 Å². The molecule has 0 bridgehead atoms. The highest BCUT2D eigenvalue weighted by Gasteiger charge is 2.41. The van der Waals surface area contributed by atoms with Gasteiger partial charge < -0.3 is 15.5 Å². The Balaban J connectivity index is 1.19. The van der Waals surface area contributed by atoms with Gasteiger partial charge in [-0.3, -0.25) is 5.73 Å². The van der Waals surface area contributed by atoms with Crippen molar-refractivity contribution in [3.8, 4) is 0 Å². The Morgan fingerprint density at radius 1 is 0.889 bits per heavy atom. The highest BCUT2D eigenvalue weighted by molar-refractivity contribution is 6.05. The molecule has 1 aliphatic heterocycles. The second-order valence-corrected chi connectivity index (χ2v) is 10.5. The maximum atomic E-state index is 6.95. The summed E-state index contributed by atoms with van der Waals surface area (Å²) in [6, 6.07) is 30.6. The molecule has 0 aromatic heterocycles. The molecule has 4 N–H and O–H groups in total. The largest absolute Gasteiger partial charge is 0.362 e. The summed E-state index contributed by atoms with van der Waals surface area (Å²) < 4.78 is 0. The van der Waals surface area contributed by atoms with E-state index in [4.69, 9.17) is 10.7 Å². The number of hydrogen-bond donors (Lipinski definition) is 3. The standard InChI is InChI=1S/C31H39N5/c1-36(2)30-28-15-9-10-16-29(28)34-31(32,35-30)25-17-19-26(20-18-25)33-22-21-27(23-11-5-3-6-12-23)24-13-7-4-8-14-24/h3-16,25-27,33-34H,17-22,32H2,1-2H3. The van der Waals surface area contributed by atoms with E-state index in [1.165, 1.54) is 11.1 Å². The predicted molar refractivity (Wildman–Crippen MR) is 150 cm³/mol. The van der Waals surface area contributed by atoms with Gasteiger partial charge in [-0.15, -0.1) is 0 Å². The van der Waals surface area contributed by atoms with Crippen molar-refractivity contribution in [3.05, 3.63) is 102 Å². The van der Waals surface area contributed by atoms with Crippen LogP contribution >= 0.6 is 0 Å². The van der Waals surface area contributed by atoms with E-state index in [-0.39, 0.29) is 0 Å². The highest BCUT2D eigenvalue weighted by atomic mass is 15.3. The molecular weight excluding hydrogens is 442 g/mol. The average molecular weight is 482 g/mol. The fourth-order valence-corrected chi connectivity index (χ4v) is 5.87. The number of para-hydroxylation sites is 1. The van der Waals surface area contributed by atoms with Crippen molar-refractivity contribution in [3.63, 3.8) is 0 Å². The fourth-order valence-electron chi connectivity index (χ4n) is 5.87. The second-order valence-electron chi connectivity index (χ2n) is 10.5.